The van der Waals surface area contributed by atoms with Crippen molar-refractivity contribution in [2.45, 2.75) is 26.3 Å². The Morgan fingerprint density at radius 2 is 2.00 bits per heavy atom. The minimum atomic E-state index is -2.74. The smallest absolute Gasteiger partial charge is 0.281 e. The summed E-state index contributed by atoms with van der Waals surface area (Å²) in [5, 5.41) is 8.90. The maximum Gasteiger partial charge on any atom is 0.281 e. The molecule has 0 saturated carbocycles. The van der Waals surface area contributed by atoms with Crippen LogP contribution in [0.25, 0.3) is 0 Å². The average molecular weight is 376 g/mol. The number of alkyl halides is 2. The summed E-state index contributed by atoms with van der Waals surface area (Å²) < 4.78 is 26.4. The van der Waals surface area contributed by atoms with Crippen molar-refractivity contribution in [1.82, 2.24) is 15.7 Å². The van der Waals surface area contributed by atoms with Crippen LogP contribution in [0.1, 0.15) is 13.8 Å². The Bertz CT molecular complexity index is 773. The summed E-state index contributed by atoms with van der Waals surface area (Å²) in [6.07, 6.45) is -0.232. The van der Waals surface area contributed by atoms with Crippen LogP contribution in [0.5, 0.6) is 0 Å². The zero-order valence-corrected chi connectivity index (χ0v) is 15.2. The van der Waals surface area contributed by atoms with E-state index >= 15 is 0 Å². The lowest BCUT2D eigenvalue weighted by Gasteiger charge is -2.36. The second kappa shape index (κ2) is 7.75. The molecule has 0 saturated heterocycles. The molecule has 2 N–H and O–H groups in total. The van der Waals surface area contributed by atoms with Crippen LogP contribution >= 0.6 is 0 Å². The number of halogens is 2. The second-order valence-electron chi connectivity index (χ2n) is 6.06. The average Bonchev–Trinajstić information content (AvgIpc) is 3.07. The standard InChI is InChI=1S/C18H22F2N6O/c1-4-24(5-2)14-8-6-13(7-9-14)22-18(27)16-11-21-25-15(17(19)20)10-12(3)23-26(16)25/h6-11,16-17,23H,3-5H2,1-2H3,(H,22,27). The fourth-order valence-electron chi connectivity index (χ4n) is 2.98. The molecule has 2 aliphatic rings. The van der Waals surface area contributed by atoms with E-state index in [0.717, 1.165) is 23.9 Å². The highest BCUT2D eigenvalue weighted by molar-refractivity contribution is 6.05. The number of hydrazine groups is 2. The van der Waals surface area contributed by atoms with E-state index in [1.165, 1.54) is 17.4 Å². The van der Waals surface area contributed by atoms with Crippen molar-refractivity contribution in [1.29, 1.82) is 0 Å². The van der Waals surface area contributed by atoms with E-state index in [2.05, 4.69) is 41.2 Å². The predicted molar refractivity (Wildman–Crippen MR) is 101 cm³/mol. The number of carbonyl (C=O) groups is 1. The summed E-state index contributed by atoms with van der Waals surface area (Å²) in [5.41, 5.74) is 4.38. The number of hydrazone groups is 1. The van der Waals surface area contributed by atoms with Crippen LogP contribution in [-0.2, 0) is 4.79 Å². The van der Waals surface area contributed by atoms with Gasteiger partial charge in [-0.15, -0.1) is 0 Å². The zero-order chi connectivity index (χ0) is 19.6. The summed E-state index contributed by atoms with van der Waals surface area (Å²) in [7, 11) is 0. The number of fused-ring (bicyclic) bond motifs is 1. The zero-order valence-electron chi connectivity index (χ0n) is 15.2. The van der Waals surface area contributed by atoms with E-state index in [0.29, 0.717) is 5.69 Å². The van der Waals surface area contributed by atoms with Gasteiger partial charge in [-0.2, -0.15) is 10.2 Å². The molecular formula is C18H22F2N6O. The fourth-order valence-corrected chi connectivity index (χ4v) is 2.98. The summed E-state index contributed by atoms with van der Waals surface area (Å²) in [6, 6.07) is 6.59. The Morgan fingerprint density at radius 1 is 1.33 bits per heavy atom. The molecule has 144 valence electrons. The van der Waals surface area contributed by atoms with Gasteiger partial charge in [0.05, 0.1) is 6.21 Å². The van der Waals surface area contributed by atoms with Crippen molar-refractivity contribution in [3.05, 3.63) is 48.3 Å². The molecule has 0 aliphatic carbocycles. The van der Waals surface area contributed by atoms with E-state index in [4.69, 9.17) is 0 Å². The largest absolute Gasteiger partial charge is 0.372 e. The van der Waals surface area contributed by atoms with Crippen molar-refractivity contribution >= 4 is 23.5 Å². The summed E-state index contributed by atoms with van der Waals surface area (Å²) in [6.45, 7) is 9.58. The molecule has 0 spiro atoms. The van der Waals surface area contributed by atoms with Gasteiger partial charge in [0.1, 0.15) is 5.70 Å². The number of rotatable bonds is 6. The molecular weight excluding hydrogens is 354 g/mol. The number of nitrogens with zero attached hydrogens (tertiary/aromatic N) is 4. The van der Waals surface area contributed by atoms with Crippen molar-refractivity contribution in [3.8, 4) is 0 Å². The third-order valence-electron chi connectivity index (χ3n) is 4.35. The van der Waals surface area contributed by atoms with Gasteiger partial charge in [0, 0.05) is 30.2 Å². The van der Waals surface area contributed by atoms with Gasteiger partial charge in [-0.1, -0.05) is 11.7 Å². The predicted octanol–water partition coefficient (Wildman–Crippen LogP) is 2.54. The first-order chi connectivity index (χ1) is 12.9. The van der Waals surface area contributed by atoms with Crippen molar-refractivity contribution in [3.63, 3.8) is 0 Å². The van der Waals surface area contributed by atoms with Crippen LogP contribution in [0.4, 0.5) is 20.2 Å². The summed E-state index contributed by atoms with van der Waals surface area (Å²) >= 11 is 0. The number of nitrogens with one attached hydrogen (secondary N) is 2. The van der Waals surface area contributed by atoms with Crippen molar-refractivity contribution in [2.24, 2.45) is 5.10 Å². The van der Waals surface area contributed by atoms with Crippen LogP contribution < -0.4 is 15.6 Å². The van der Waals surface area contributed by atoms with E-state index in [1.807, 2.05) is 24.3 Å². The van der Waals surface area contributed by atoms with Gasteiger partial charge in [-0.3, -0.25) is 10.2 Å². The first kappa shape index (κ1) is 18.8. The highest BCUT2D eigenvalue weighted by Gasteiger charge is 2.40. The molecule has 2 heterocycles. The number of carbonyl (C=O) groups excluding carboxylic acids is 1. The molecule has 7 nitrogen and oxygen atoms in total. The fraction of sp³-hybridized carbons (Fsp3) is 0.333. The molecule has 0 radical (unpaired) electrons. The molecule has 1 aromatic rings. The van der Waals surface area contributed by atoms with E-state index in [1.54, 1.807) is 0 Å². The monoisotopic (exact) mass is 376 g/mol. The molecule has 2 aliphatic heterocycles. The maximum absolute atomic E-state index is 13.2. The highest BCUT2D eigenvalue weighted by Crippen LogP contribution is 2.27. The minimum Gasteiger partial charge on any atom is -0.372 e. The lowest BCUT2D eigenvalue weighted by atomic mass is 10.2. The number of hydrogen-bond acceptors (Lipinski definition) is 6. The van der Waals surface area contributed by atoms with Crippen molar-refractivity contribution < 1.29 is 13.6 Å². The van der Waals surface area contributed by atoms with Crippen LogP contribution in [0.2, 0.25) is 0 Å². The molecule has 1 unspecified atom stereocenters. The third-order valence-corrected chi connectivity index (χ3v) is 4.35. The Morgan fingerprint density at radius 3 is 2.59 bits per heavy atom. The molecule has 27 heavy (non-hydrogen) atoms. The maximum atomic E-state index is 13.2. The lowest BCUT2D eigenvalue weighted by molar-refractivity contribution is -0.127. The summed E-state index contributed by atoms with van der Waals surface area (Å²) in [4.78, 5) is 14.8. The lowest BCUT2D eigenvalue weighted by Crippen LogP contribution is -2.56. The number of amides is 1. The Balaban J connectivity index is 1.70. The molecule has 0 bridgehead atoms. The van der Waals surface area contributed by atoms with E-state index < -0.39 is 18.4 Å². The Hall–Kier alpha value is -2.94. The van der Waals surface area contributed by atoms with Crippen LogP contribution in [0.3, 0.4) is 0 Å². The molecule has 0 fully saturated rings. The topological polar surface area (TPSA) is 63.2 Å². The van der Waals surface area contributed by atoms with E-state index in [9.17, 15) is 13.6 Å². The van der Waals surface area contributed by atoms with Gasteiger partial charge in [0.15, 0.2) is 6.04 Å². The number of allylic oxidation sites excluding steroid dienone is 2. The molecule has 0 aromatic heterocycles. The molecule has 9 heteroatoms. The molecule has 1 atom stereocenters. The Labute approximate surface area is 156 Å². The number of hydrogen-bond donors (Lipinski definition) is 2. The van der Waals surface area contributed by atoms with Crippen LogP contribution in [0.15, 0.2) is 53.4 Å². The number of anilines is 2. The van der Waals surface area contributed by atoms with Crippen molar-refractivity contribution in [2.75, 3.05) is 23.3 Å². The Kier molecular flexibility index (Phi) is 5.41. The van der Waals surface area contributed by atoms with Crippen LogP contribution in [-0.4, -0.2) is 47.9 Å². The van der Waals surface area contributed by atoms with Gasteiger partial charge < -0.3 is 10.2 Å². The van der Waals surface area contributed by atoms with Crippen LogP contribution in [0, 0.1) is 0 Å². The first-order valence-electron chi connectivity index (χ1n) is 8.69. The molecule has 1 amide bonds. The molecule has 3 rings (SSSR count). The number of benzene rings is 1. The highest BCUT2D eigenvalue weighted by atomic mass is 19.3. The second-order valence-corrected chi connectivity index (χ2v) is 6.06. The SMILES string of the molecule is C=C1C=C(C(F)F)N2N=CC(C(=O)Nc3ccc(N(CC)CC)cc3)N2N1. The van der Waals surface area contributed by atoms with Gasteiger partial charge in [0.2, 0.25) is 0 Å². The minimum absolute atomic E-state index is 0.258. The van der Waals surface area contributed by atoms with Gasteiger partial charge >= 0.3 is 0 Å². The first-order valence-corrected chi connectivity index (χ1v) is 8.69. The van der Waals surface area contributed by atoms with Gasteiger partial charge in [0.25, 0.3) is 12.3 Å². The van der Waals surface area contributed by atoms with Gasteiger partial charge in [-0.05, 0) is 44.2 Å². The quantitative estimate of drug-likeness (QED) is 0.799. The molecule has 1 aromatic carbocycles. The van der Waals surface area contributed by atoms with Gasteiger partial charge in [-0.25, -0.2) is 8.78 Å². The summed E-state index contributed by atoms with van der Waals surface area (Å²) in [5.74, 6) is -0.396. The third kappa shape index (κ3) is 3.77. The normalized spacial score (nSPS) is 19.0. The van der Waals surface area contributed by atoms with E-state index in [-0.39, 0.29) is 11.4 Å².